The molecule has 3 rings (SSSR count). The van der Waals surface area contributed by atoms with E-state index in [1.807, 2.05) is 24.3 Å². The normalized spacial score (nSPS) is 12.1. The van der Waals surface area contributed by atoms with Crippen molar-refractivity contribution in [1.82, 2.24) is 0 Å². The lowest BCUT2D eigenvalue weighted by Gasteiger charge is -2.13. The Balaban J connectivity index is 1.63. The van der Waals surface area contributed by atoms with Crippen LogP contribution in [0.1, 0.15) is 6.92 Å². The zero-order valence-corrected chi connectivity index (χ0v) is 20.3. The van der Waals surface area contributed by atoms with Crippen molar-refractivity contribution in [2.24, 2.45) is 0 Å². The highest BCUT2D eigenvalue weighted by Crippen LogP contribution is 2.29. The highest BCUT2D eigenvalue weighted by atomic mass is 35.5. The molecule has 0 aromatic heterocycles. The van der Waals surface area contributed by atoms with Crippen molar-refractivity contribution in [2.75, 3.05) is 17.1 Å². The van der Waals surface area contributed by atoms with Gasteiger partial charge in [0.25, 0.3) is 10.0 Å². The maximum Gasteiger partial charge on any atom is 0.261 e. The minimum Gasteiger partial charge on any atom is -0.497 e. The van der Waals surface area contributed by atoms with E-state index in [4.69, 9.17) is 27.9 Å². The summed E-state index contributed by atoms with van der Waals surface area (Å²) in [4.78, 5) is 13.5. The van der Waals surface area contributed by atoms with E-state index in [-0.39, 0.29) is 26.8 Å². The minimum atomic E-state index is -3.86. The minimum absolute atomic E-state index is 0.0298. The van der Waals surface area contributed by atoms with Crippen LogP contribution in [-0.4, -0.2) is 26.7 Å². The van der Waals surface area contributed by atoms with Crippen molar-refractivity contribution in [1.29, 1.82) is 0 Å². The van der Waals surface area contributed by atoms with Gasteiger partial charge in [-0.1, -0.05) is 23.2 Å². The van der Waals surface area contributed by atoms with Crippen LogP contribution in [-0.2, 0) is 14.8 Å². The number of amides is 1. The highest BCUT2D eigenvalue weighted by Gasteiger charge is 2.18. The molecule has 0 bridgehead atoms. The number of rotatable bonds is 8. The molecule has 0 fully saturated rings. The van der Waals surface area contributed by atoms with Gasteiger partial charge in [-0.15, -0.1) is 11.8 Å². The molecule has 3 aromatic rings. The number of methoxy groups -OCH3 is 1. The number of carbonyl (C=O) groups excluding carboxylic acids is 1. The van der Waals surface area contributed by atoms with Gasteiger partial charge in [0.1, 0.15) is 5.75 Å². The number of sulfonamides is 1. The second kappa shape index (κ2) is 10.5. The summed E-state index contributed by atoms with van der Waals surface area (Å²) in [5, 5.41) is 3.02. The van der Waals surface area contributed by atoms with E-state index < -0.39 is 10.0 Å². The van der Waals surface area contributed by atoms with E-state index in [9.17, 15) is 13.2 Å². The van der Waals surface area contributed by atoms with Crippen LogP contribution >= 0.6 is 35.0 Å². The summed E-state index contributed by atoms with van der Waals surface area (Å²) in [6, 6.07) is 17.8. The molecule has 0 unspecified atom stereocenters. The van der Waals surface area contributed by atoms with Gasteiger partial charge >= 0.3 is 0 Å². The molecule has 3 aromatic carbocycles. The molecule has 0 aliphatic rings. The molecule has 0 saturated heterocycles. The number of anilines is 2. The first kappa shape index (κ1) is 24.3. The van der Waals surface area contributed by atoms with E-state index >= 15 is 0 Å². The summed E-state index contributed by atoms with van der Waals surface area (Å²) in [5.41, 5.74) is 0.707. The first-order chi connectivity index (χ1) is 15.2. The zero-order valence-electron chi connectivity index (χ0n) is 17.1. The Hall–Kier alpha value is -2.39. The third kappa shape index (κ3) is 6.32. The Labute approximate surface area is 201 Å². The SMILES string of the molecule is COc1ccc(S[C@@H](C)C(=O)Nc2ccc(S(=O)(=O)Nc3ccc(Cl)cc3Cl)cc2)cc1. The number of carbonyl (C=O) groups is 1. The van der Waals surface area contributed by atoms with Gasteiger partial charge in [-0.3, -0.25) is 9.52 Å². The summed E-state index contributed by atoms with van der Waals surface area (Å²) < 4.78 is 32.8. The summed E-state index contributed by atoms with van der Waals surface area (Å²) in [6.45, 7) is 1.79. The van der Waals surface area contributed by atoms with Crippen LogP contribution in [0, 0.1) is 0 Å². The Morgan fingerprint density at radius 3 is 2.25 bits per heavy atom. The van der Waals surface area contributed by atoms with Gasteiger partial charge in [0, 0.05) is 15.6 Å². The molecule has 0 saturated carbocycles. The zero-order chi connectivity index (χ0) is 23.3. The number of benzene rings is 3. The van der Waals surface area contributed by atoms with Crippen LogP contribution in [0.15, 0.2) is 76.5 Å². The Kier molecular flexibility index (Phi) is 7.95. The lowest BCUT2D eigenvalue weighted by atomic mass is 10.3. The summed E-state index contributed by atoms with van der Waals surface area (Å²) in [5.74, 6) is 0.543. The molecule has 32 heavy (non-hydrogen) atoms. The molecule has 0 spiro atoms. The second-order valence-corrected chi connectivity index (χ2v) is 10.6. The molecule has 2 N–H and O–H groups in total. The lowest BCUT2D eigenvalue weighted by molar-refractivity contribution is -0.115. The standard InChI is InChI=1S/C22H20Cl2N2O4S2/c1-14(31-18-8-6-17(30-2)7-9-18)22(27)25-16-4-10-19(11-5-16)32(28,29)26-21-12-3-15(23)13-20(21)24/h3-14,26H,1-2H3,(H,25,27)/t14-/m0/s1. The Bertz CT molecular complexity index is 1200. The fraction of sp³-hybridized carbons (Fsp3) is 0.136. The molecule has 10 heteroatoms. The van der Waals surface area contributed by atoms with Crippen molar-refractivity contribution in [3.63, 3.8) is 0 Å². The van der Waals surface area contributed by atoms with Crippen molar-refractivity contribution >= 4 is 62.3 Å². The topological polar surface area (TPSA) is 84.5 Å². The summed E-state index contributed by atoms with van der Waals surface area (Å²) in [6.07, 6.45) is 0. The maximum atomic E-state index is 12.6. The van der Waals surface area contributed by atoms with Crippen LogP contribution in [0.2, 0.25) is 10.0 Å². The first-order valence-electron chi connectivity index (χ1n) is 9.37. The van der Waals surface area contributed by atoms with E-state index in [0.717, 1.165) is 10.6 Å². The van der Waals surface area contributed by atoms with Gasteiger partial charge in [-0.2, -0.15) is 0 Å². The fourth-order valence-corrected chi connectivity index (χ4v) is 5.11. The smallest absolute Gasteiger partial charge is 0.261 e. The monoisotopic (exact) mass is 510 g/mol. The number of nitrogens with one attached hydrogen (secondary N) is 2. The third-order valence-electron chi connectivity index (χ3n) is 4.35. The predicted octanol–water partition coefficient (Wildman–Crippen LogP) is 5.92. The average molecular weight is 511 g/mol. The van der Waals surface area contributed by atoms with E-state index in [1.54, 1.807) is 14.0 Å². The van der Waals surface area contributed by atoms with Crippen molar-refractivity contribution in [2.45, 2.75) is 22.0 Å². The lowest BCUT2D eigenvalue weighted by Crippen LogP contribution is -2.22. The van der Waals surface area contributed by atoms with E-state index in [1.165, 1.54) is 54.2 Å². The van der Waals surface area contributed by atoms with Crippen molar-refractivity contribution in [3.05, 3.63) is 76.8 Å². The number of halogens is 2. The van der Waals surface area contributed by atoms with Gasteiger partial charge in [-0.05, 0) is 73.7 Å². The first-order valence-corrected chi connectivity index (χ1v) is 12.5. The molecule has 6 nitrogen and oxygen atoms in total. The van der Waals surface area contributed by atoms with Crippen LogP contribution in [0.25, 0.3) is 0 Å². The number of thioether (sulfide) groups is 1. The van der Waals surface area contributed by atoms with Gasteiger partial charge in [-0.25, -0.2) is 8.42 Å². The van der Waals surface area contributed by atoms with E-state index in [2.05, 4.69) is 10.0 Å². The molecule has 0 heterocycles. The number of hydrogen-bond donors (Lipinski definition) is 2. The molecule has 0 aliphatic heterocycles. The molecule has 1 amide bonds. The van der Waals surface area contributed by atoms with Crippen molar-refractivity contribution in [3.8, 4) is 5.75 Å². The van der Waals surface area contributed by atoms with Gasteiger partial charge in [0.2, 0.25) is 5.91 Å². The second-order valence-electron chi connectivity index (χ2n) is 6.68. The van der Waals surface area contributed by atoms with Crippen LogP contribution in [0.4, 0.5) is 11.4 Å². The van der Waals surface area contributed by atoms with Crippen LogP contribution < -0.4 is 14.8 Å². The molecular formula is C22H20Cl2N2O4S2. The average Bonchev–Trinajstić information content (AvgIpc) is 2.76. The third-order valence-corrected chi connectivity index (χ3v) is 7.39. The van der Waals surface area contributed by atoms with Gasteiger partial charge in [0.15, 0.2) is 0 Å². The summed E-state index contributed by atoms with van der Waals surface area (Å²) >= 11 is 13.3. The van der Waals surface area contributed by atoms with E-state index in [0.29, 0.717) is 10.7 Å². The maximum absolute atomic E-state index is 12.6. The van der Waals surface area contributed by atoms with Gasteiger partial charge in [0.05, 0.1) is 28.0 Å². The largest absolute Gasteiger partial charge is 0.497 e. The number of hydrogen-bond acceptors (Lipinski definition) is 5. The highest BCUT2D eigenvalue weighted by molar-refractivity contribution is 8.00. The predicted molar refractivity (Wildman–Crippen MR) is 131 cm³/mol. The molecule has 0 radical (unpaired) electrons. The number of ether oxygens (including phenoxy) is 1. The van der Waals surface area contributed by atoms with Gasteiger partial charge < -0.3 is 10.1 Å². The Morgan fingerprint density at radius 2 is 1.66 bits per heavy atom. The fourth-order valence-electron chi connectivity index (χ4n) is 2.65. The molecule has 1 atom stereocenters. The molecule has 168 valence electrons. The van der Waals surface area contributed by atoms with Crippen LogP contribution in [0.5, 0.6) is 5.75 Å². The quantitative estimate of drug-likeness (QED) is 0.367. The Morgan fingerprint density at radius 1 is 1.00 bits per heavy atom. The molecular weight excluding hydrogens is 491 g/mol. The molecule has 0 aliphatic carbocycles. The van der Waals surface area contributed by atoms with Crippen molar-refractivity contribution < 1.29 is 17.9 Å². The van der Waals surface area contributed by atoms with Crippen LogP contribution in [0.3, 0.4) is 0 Å². The summed E-state index contributed by atoms with van der Waals surface area (Å²) in [7, 11) is -2.27.